The van der Waals surface area contributed by atoms with Gasteiger partial charge in [0.25, 0.3) is 10.0 Å². The van der Waals surface area contributed by atoms with Gasteiger partial charge in [-0.05, 0) is 63.3 Å². The summed E-state index contributed by atoms with van der Waals surface area (Å²) in [6, 6.07) is 8.32. The number of hydrogen-bond acceptors (Lipinski definition) is 5. The van der Waals surface area contributed by atoms with Crippen LogP contribution in [0.5, 0.6) is 0 Å². The molecule has 0 bridgehead atoms. The number of likely N-dealkylation sites (N-methyl/N-ethyl adjacent to an activating group) is 1. The van der Waals surface area contributed by atoms with Crippen LogP contribution in [0.15, 0.2) is 35.2 Å². The van der Waals surface area contributed by atoms with Crippen LogP contribution in [-0.2, 0) is 14.8 Å². The summed E-state index contributed by atoms with van der Waals surface area (Å²) in [7, 11) is -3.87. The Bertz CT molecular complexity index is 948. The zero-order valence-electron chi connectivity index (χ0n) is 14.1. The van der Waals surface area contributed by atoms with Gasteiger partial charge in [-0.15, -0.1) is 0 Å². The topological polar surface area (TPSA) is 75.5 Å². The summed E-state index contributed by atoms with van der Waals surface area (Å²) in [6.45, 7) is 5.67. The monoisotopic (exact) mass is 378 g/mol. The molecule has 1 aliphatic heterocycles. The maximum absolute atomic E-state index is 12.8. The number of hydrogen-bond donors (Lipinski definition) is 0. The molecule has 0 N–H and O–H groups in total. The lowest BCUT2D eigenvalue weighted by Gasteiger charge is -2.19. The van der Waals surface area contributed by atoms with Crippen molar-refractivity contribution in [3.8, 4) is 5.69 Å². The van der Waals surface area contributed by atoms with Crippen molar-refractivity contribution in [3.63, 3.8) is 0 Å². The van der Waals surface area contributed by atoms with Crippen molar-refractivity contribution in [2.75, 3.05) is 13.1 Å². The number of carbonyl (C=O) groups is 1. The maximum Gasteiger partial charge on any atom is 0.266 e. The normalized spacial score (nSPS) is 15.3. The number of thiocarbonyl (C=S) groups is 1. The molecule has 2 aromatic rings. The summed E-state index contributed by atoms with van der Waals surface area (Å²) < 4.78 is 28.3. The Hall–Kier alpha value is -2.26. The second-order valence-corrected chi connectivity index (χ2v) is 7.99. The first kappa shape index (κ1) is 17.6. The molecule has 0 unspecified atom stereocenters. The van der Waals surface area contributed by atoms with Crippen LogP contribution in [0, 0.1) is 13.8 Å². The number of carbonyl (C=O) groups excluding carboxylic acids is 1. The van der Waals surface area contributed by atoms with Gasteiger partial charge in [-0.2, -0.15) is 5.10 Å². The molecule has 25 heavy (non-hydrogen) atoms. The first-order valence-electron chi connectivity index (χ1n) is 7.76. The standard InChI is InChI=1S/C16H18N4O3S2/c1-4-18-15(21)10-19(16(18)24)25(22,23)14-7-5-13(6-8-14)20-12(3)9-11(2)17-20/h5-9H,4,10H2,1-3H3. The summed E-state index contributed by atoms with van der Waals surface area (Å²) in [5.74, 6) is -0.310. The molecule has 132 valence electrons. The smallest absolute Gasteiger partial charge is 0.266 e. The van der Waals surface area contributed by atoms with Crippen molar-refractivity contribution >= 4 is 33.3 Å². The highest BCUT2D eigenvalue weighted by Gasteiger charge is 2.39. The van der Waals surface area contributed by atoms with Gasteiger partial charge in [0.05, 0.1) is 16.3 Å². The third-order valence-electron chi connectivity index (χ3n) is 4.02. The molecule has 1 aliphatic rings. The average molecular weight is 378 g/mol. The summed E-state index contributed by atoms with van der Waals surface area (Å²) in [5.41, 5.74) is 2.60. The highest BCUT2D eigenvalue weighted by atomic mass is 32.2. The Labute approximate surface area is 151 Å². The van der Waals surface area contributed by atoms with Gasteiger partial charge >= 0.3 is 0 Å². The van der Waals surface area contributed by atoms with E-state index in [2.05, 4.69) is 5.10 Å². The third kappa shape index (κ3) is 2.93. The second-order valence-electron chi connectivity index (χ2n) is 5.77. The van der Waals surface area contributed by atoms with Crippen LogP contribution >= 0.6 is 12.2 Å². The van der Waals surface area contributed by atoms with Crippen LogP contribution in [-0.4, -0.2) is 51.5 Å². The van der Waals surface area contributed by atoms with Crippen LogP contribution in [0.3, 0.4) is 0 Å². The number of rotatable bonds is 4. The average Bonchev–Trinajstić information content (AvgIpc) is 3.06. The van der Waals surface area contributed by atoms with Gasteiger partial charge in [-0.25, -0.2) is 17.4 Å². The highest BCUT2D eigenvalue weighted by Crippen LogP contribution is 2.23. The number of sulfonamides is 1. The van der Waals surface area contributed by atoms with E-state index in [0.717, 1.165) is 21.4 Å². The van der Waals surface area contributed by atoms with E-state index in [0.29, 0.717) is 6.54 Å². The lowest BCUT2D eigenvalue weighted by atomic mass is 10.3. The van der Waals surface area contributed by atoms with Gasteiger partial charge in [0, 0.05) is 12.2 Å². The summed E-state index contributed by atoms with van der Waals surface area (Å²) in [5, 5.41) is 4.40. The Morgan fingerprint density at radius 1 is 1.20 bits per heavy atom. The third-order valence-corrected chi connectivity index (χ3v) is 6.33. The molecule has 0 spiro atoms. The van der Waals surface area contributed by atoms with E-state index < -0.39 is 10.0 Å². The first-order valence-corrected chi connectivity index (χ1v) is 9.61. The lowest BCUT2D eigenvalue weighted by molar-refractivity contribution is -0.124. The molecule has 0 radical (unpaired) electrons. The molecular weight excluding hydrogens is 360 g/mol. The van der Waals surface area contributed by atoms with Crippen molar-refractivity contribution in [1.29, 1.82) is 0 Å². The van der Waals surface area contributed by atoms with Crippen LogP contribution < -0.4 is 0 Å². The molecule has 1 fully saturated rings. The maximum atomic E-state index is 12.8. The van der Waals surface area contributed by atoms with Gasteiger partial charge < -0.3 is 0 Å². The number of aromatic nitrogens is 2. The van der Waals surface area contributed by atoms with E-state index >= 15 is 0 Å². The van der Waals surface area contributed by atoms with Crippen LogP contribution in [0.25, 0.3) is 5.69 Å². The molecule has 0 aliphatic carbocycles. The molecule has 0 saturated carbocycles. The Kier molecular flexibility index (Phi) is 4.38. The quantitative estimate of drug-likeness (QED) is 0.756. The molecular formula is C16H18N4O3S2. The van der Waals surface area contributed by atoms with E-state index in [4.69, 9.17) is 12.2 Å². The minimum atomic E-state index is -3.87. The van der Waals surface area contributed by atoms with Crippen molar-refractivity contribution in [2.24, 2.45) is 0 Å². The second kappa shape index (κ2) is 6.23. The molecule has 2 heterocycles. The summed E-state index contributed by atoms with van der Waals surface area (Å²) in [6.07, 6.45) is 0. The van der Waals surface area contributed by atoms with E-state index in [1.807, 2.05) is 19.9 Å². The van der Waals surface area contributed by atoms with E-state index in [1.54, 1.807) is 23.7 Å². The fourth-order valence-electron chi connectivity index (χ4n) is 2.79. The predicted molar refractivity (Wildman–Crippen MR) is 96.9 cm³/mol. The molecule has 0 atom stereocenters. The molecule has 1 saturated heterocycles. The zero-order chi connectivity index (χ0) is 18.4. The molecule has 1 aromatic heterocycles. The SMILES string of the molecule is CCN1C(=O)CN(S(=O)(=O)c2ccc(-n3nc(C)cc3C)cc2)C1=S. The highest BCUT2D eigenvalue weighted by molar-refractivity contribution is 7.91. The van der Waals surface area contributed by atoms with Crippen molar-refractivity contribution in [3.05, 3.63) is 41.7 Å². The largest absolute Gasteiger partial charge is 0.287 e. The molecule has 9 heteroatoms. The molecule has 7 nitrogen and oxygen atoms in total. The molecule has 1 amide bonds. The van der Waals surface area contributed by atoms with Gasteiger partial charge in [0.1, 0.15) is 6.54 Å². The van der Waals surface area contributed by atoms with Crippen LogP contribution in [0.1, 0.15) is 18.3 Å². The van der Waals surface area contributed by atoms with Crippen molar-refractivity contribution < 1.29 is 13.2 Å². The van der Waals surface area contributed by atoms with E-state index in [-0.39, 0.29) is 22.5 Å². The number of nitrogens with zero attached hydrogens (tertiary/aromatic N) is 4. The predicted octanol–water partition coefficient (Wildman–Crippen LogP) is 1.63. The van der Waals surface area contributed by atoms with Gasteiger partial charge in [-0.3, -0.25) is 9.69 Å². The molecule has 1 aromatic carbocycles. The lowest BCUT2D eigenvalue weighted by Crippen LogP contribution is -2.36. The van der Waals surface area contributed by atoms with E-state index in [9.17, 15) is 13.2 Å². The van der Waals surface area contributed by atoms with Crippen LogP contribution in [0.4, 0.5) is 0 Å². The minimum absolute atomic E-state index is 0.0233. The Morgan fingerprint density at radius 3 is 2.32 bits per heavy atom. The van der Waals surface area contributed by atoms with Crippen molar-refractivity contribution in [1.82, 2.24) is 19.0 Å². The van der Waals surface area contributed by atoms with Gasteiger partial charge in [0.2, 0.25) is 5.91 Å². The summed E-state index contributed by atoms with van der Waals surface area (Å²) >= 11 is 5.15. The van der Waals surface area contributed by atoms with Crippen molar-refractivity contribution in [2.45, 2.75) is 25.7 Å². The Balaban J connectivity index is 1.93. The number of benzene rings is 1. The first-order chi connectivity index (χ1) is 11.8. The fraction of sp³-hybridized carbons (Fsp3) is 0.312. The van der Waals surface area contributed by atoms with E-state index in [1.165, 1.54) is 17.0 Å². The zero-order valence-corrected chi connectivity index (χ0v) is 15.8. The van der Waals surface area contributed by atoms with Gasteiger partial charge in [-0.1, -0.05) is 0 Å². The minimum Gasteiger partial charge on any atom is -0.287 e. The Morgan fingerprint density at radius 2 is 1.84 bits per heavy atom. The fourth-order valence-corrected chi connectivity index (χ4v) is 4.70. The number of amides is 1. The van der Waals surface area contributed by atoms with Crippen LogP contribution in [0.2, 0.25) is 0 Å². The summed E-state index contributed by atoms with van der Waals surface area (Å²) in [4.78, 5) is 13.3. The molecule has 3 rings (SSSR count). The number of aryl methyl sites for hydroxylation is 2. The van der Waals surface area contributed by atoms with Gasteiger partial charge in [0.15, 0.2) is 5.11 Å².